The van der Waals surface area contributed by atoms with Gasteiger partial charge in [-0.25, -0.2) is 5.01 Å². The molecule has 0 radical (unpaired) electrons. The zero-order chi connectivity index (χ0) is 9.56. The molecule has 0 aliphatic carbocycles. The summed E-state index contributed by atoms with van der Waals surface area (Å²) in [5.41, 5.74) is 0.515. The van der Waals surface area contributed by atoms with E-state index in [1.54, 1.807) is 12.2 Å². The van der Waals surface area contributed by atoms with Crippen molar-refractivity contribution >= 4 is 18.3 Å². The van der Waals surface area contributed by atoms with Crippen LogP contribution in [0.15, 0.2) is 53.9 Å². The van der Waals surface area contributed by atoms with Crippen LogP contribution >= 0.6 is 11.6 Å². The fraction of sp³-hybridized carbons (Fsp3) is 0. The van der Waals surface area contributed by atoms with Crippen molar-refractivity contribution in [3.8, 4) is 0 Å². The predicted octanol–water partition coefficient (Wildman–Crippen LogP) is 2.87. The van der Waals surface area contributed by atoms with E-state index in [2.05, 4.69) is 31.6 Å². The number of hydrogen-bond acceptors (Lipinski definition) is 2. The summed E-state index contributed by atoms with van der Waals surface area (Å²) in [5.74, 6) is 0. The Balaban J connectivity index is 4.56. The zero-order valence-electron chi connectivity index (χ0n) is 6.83. The van der Waals surface area contributed by atoms with Gasteiger partial charge in [0, 0.05) is 12.9 Å². The van der Waals surface area contributed by atoms with Gasteiger partial charge in [0.2, 0.25) is 0 Å². The molecule has 0 saturated carbocycles. The molecular formula is C9H11ClN2. The maximum atomic E-state index is 5.80. The third-order valence-corrected chi connectivity index (χ3v) is 1.49. The average Bonchev–Trinajstić information content (AvgIpc) is 2.07. The standard InChI is InChI=1S/C9H11ClN2/c1-5-7-9(10)8(3)12(6-2)11-4/h5-7H,1-4H2/b9-7+. The maximum absolute atomic E-state index is 5.80. The second-order valence-electron chi connectivity index (χ2n) is 1.87. The highest BCUT2D eigenvalue weighted by atomic mass is 35.5. The second-order valence-corrected chi connectivity index (χ2v) is 2.27. The van der Waals surface area contributed by atoms with E-state index in [1.165, 1.54) is 11.2 Å². The summed E-state index contributed by atoms with van der Waals surface area (Å²) in [4.78, 5) is 0. The van der Waals surface area contributed by atoms with E-state index < -0.39 is 0 Å². The highest BCUT2D eigenvalue weighted by molar-refractivity contribution is 6.31. The first kappa shape index (κ1) is 10.7. The number of allylic oxidation sites excluding steroid dienone is 3. The van der Waals surface area contributed by atoms with Crippen LogP contribution in [0.2, 0.25) is 0 Å². The first-order chi connectivity index (χ1) is 5.67. The Morgan fingerprint density at radius 1 is 1.42 bits per heavy atom. The van der Waals surface area contributed by atoms with E-state index in [0.717, 1.165) is 0 Å². The monoisotopic (exact) mass is 182 g/mol. The van der Waals surface area contributed by atoms with E-state index in [4.69, 9.17) is 11.6 Å². The Hall–Kier alpha value is -1.28. The fourth-order valence-electron chi connectivity index (χ4n) is 0.562. The van der Waals surface area contributed by atoms with Gasteiger partial charge in [-0.3, -0.25) is 0 Å². The summed E-state index contributed by atoms with van der Waals surface area (Å²) in [5, 5.41) is 5.45. The lowest BCUT2D eigenvalue weighted by molar-refractivity contribution is 0.520. The Morgan fingerprint density at radius 3 is 2.33 bits per heavy atom. The summed E-state index contributed by atoms with van der Waals surface area (Å²) in [6.45, 7) is 14.0. The Morgan fingerprint density at radius 2 is 2.00 bits per heavy atom. The zero-order valence-corrected chi connectivity index (χ0v) is 7.59. The molecule has 64 valence electrons. The molecule has 0 aliphatic rings. The second kappa shape index (κ2) is 5.38. The lowest BCUT2D eigenvalue weighted by Gasteiger charge is -2.14. The summed E-state index contributed by atoms with van der Waals surface area (Å²) in [6, 6.07) is 0. The smallest absolute Gasteiger partial charge is 0.0759 e. The summed E-state index contributed by atoms with van der Waals surface area (Å²) >= 11 is 5.80. The van der Waals surface area contributed by atoms with Crippen molar-refractivity contribution in [2.75, 3.05) is 0 Å². The molecule has 0 aromatic heterocycles. The van der Waals surface area contributed by atoms with Crippen molar-refractivity contribution < 1.29 is 0 Å². The highest BCUT2D eigenvalue weighted by Crippen LogP contribution is 2.17. The average molecular weight is 183 g/mol. The van der Waals surface area contributed by atoms with Crippen LogP contribution in [0.1, 0.15) is 0 Å². The predicted molar refractivity (Wildman–Crippen MR) is 54.9 cm³/mol. The molecule has 0 aromatic rings. The first-order valence-electron chi connectivity index (χ1n) is 3.23. The summed E-state index contributed by atoms with van der Waals surface area (Å²) in [6.07, 6.45) is 4.65. The van der Waals surface area contributed by atoms with Crippen LogP contribution < -0.4 is 0 Å². The summed E-state index contributed by atoms with van der Waals surface area (Å²) < 4.78 is 0. The number of halogens is 1. The van der Waals surface area contributed by atoms with Gasteiger partial charge >= 0.3 is 0 Å². The molecule has 0 unspecified atom stereocenters. The SMILES string of the molecule is C=C/C=C(/Cl)C(=C)N(C=C)N=C. The van der Waals surface area contributed by atoms with Gasteiger partial charge < -0.3 is 0 Å². The van der Waals surface area contributed by atoms with Gasteiger partial charge in [-0.05, 0) is 6.08 Å². The molecule has 0 atom stereocenters. The largest absolute Gasteiger partial charge is 0.241 e. The van der Waals surface area contributed by atoms with Gasteiger partial charge in [-0.2, -0.15) is 5.10 Å². The van der Waals surface area contributed by atoms with Crippen molar-refractivity contribution in [3.05, 3.63) is 48.8 Å². The first-order valence-corrected chi connectivity index (χ1v) is 3.61. The van der Waals surface area contributed by atoms with Crippen molar-refractivity contribution in [2.24, 2.45) is 5.10 Å². The molecule has 12 heavy (non-hydrogen) atoms. The van der Waals surface area contributed by atoms with Gasteiger partial charge in [0.1, 0.15) is 0 Å². The molecule has 0 rings (SSSR count). The van der Waals surface area contributed by atoms with Crippen molar-refractivity contribution in [1.82, 2.24) is 5.01 Å². The summed E-state index contributed by atoms with van der Waals surface area (Å²) in [7, 11) is 0. The van der Waals surface area contributed by atoms with E-state index in [-0.39, 0.29) is 0 Å². The van der Waals surface area contributed by atoms with Gasteiger partial charge in [0.15, 0.2) is 0 Å². The lowest BCUT2D eigenvalue weighted by atomic mass is 10.4. The van der Waals surface area contributed by atoms with E-state index in [1.807, 2.05) is 0 Å². The van der Waals surface area contributed by atoms with Crippen LogP contribution in [-0.4, -0.2) is 11.7 Å². The third-order valence-electron chi connectivity index (χ3n) is 1.14. The van der Waals surface area contributed by atoms with Crippen LogP contribution in [0.5, 0.6) is 0 Å². The fourth-order valence-corrected chi connectivity index (χ4v) is 0.738. The molecule has 0 aromatic carbocycles. The number of hydrogen-bond donors (Lipinski definition) is 0. The lowest BCUT2D eigenvalue weighted by Crippen LogP contribution is -2.06. The van der Waals surface area contributed by atoms with E-state index in [0.29, 0.717) is 10.7 Å². The third kappa shape index (κ3) is 2.76. The Bertz CT molecular complexity index is 233. The molecule has 0 heterocycles. The van der Waals surface area contributed by atoms with Crippen molar-refractivity contribution in [1.29, 1.82) is 0 Å². The molecule has 0 fully saturated rings. The van der Waals surface area contributed by atoms with Crippen LogP contribution in [-0.2, 0) is 0 Å². The van der Waals surface area contributed by atoms with E-state index >= 15 is 0 Å². The molecule has 0 saturated heterocycles. The molecule has 0 spiro atoms. The Kier molecular flexibility index (Phi) is 4.81. The minimum absolute atomic E-state index is 0.456. The molecule has 0 aliphatic heterocycles. The minimum Gasteiger partial charge on any atom is -0.241 e. The highest BCUT2D eigenvalue weighted by Gasteiger charge is 2.03. The van der Waals surface area contributed by atoms with Gasteiger partial charge in [-0.1, -0.05) is 37.4 Å². The molecule has 0 bridgehead atoms. The van der Waals surface area contributed by atoms with Crippen LogP contribution in [0.25, 0.3) is 0 Å². The van der Waals surface area contributed by atoms with Gasteiger partial charge in [0.05, 0.1) is 10.7 Å². The topological polar surface area (TPSA) is 15.6 Å². The van der Waals surface area contributed by atoms with Gasteiger partial charge in [-0.15, -0.1) is 0 Å². The quantitative estimate of drug-likeness (QED) is 0.363. The number of nitrogens with zero attached hydrogens (tertiary/aromatic N) is 2. The molecule has 2 nitrogen and oxygen atoms in total. The van der Waals surface area contributed by atoms with Gasteiger partial charge in [0.25, 0.3) is 0 Å². The molecular weight excluding hydrogens is 172 g/mol. The van der Waals surface area contributed by atoms with E-state index in [9.17, 15) is 0 Å². The minimum atomic E-state index is 0.456. The van der Waals surface area contributed by atoms with Crippen molar-refractivity contribution in [2.45, 2.75) is 0 Å². The number of rotatable bonds is 5. The van der Waals surface area contributed by atoms with Crippen LogP contribution in [0.4, 0.5) is 0 Å². The molecule has 3 heteroatoms. The molecule has 0 amide bonds. The normalized spacial score (nSPS) is 10.2. The van der Waals surface area contributed by atoms with Crippen LogP contribution in [0, 0.1) is 0 Å². The Labute approximate surface area is 77.8 Å². The van der Waals surface area contributed by atoms with Crippen molar-refractivity contribution in [3.63, 3.8) is 0 Å². The molecule has 0 N–H and O–H groups in total. The number of hydrazone groups is 1. The maximum Gasteiger partial charge on any atom is 0.0759 e. The van der Waals surface area contributed by atoms with Crippen LogP contribution in [0.3, 0.4) is 0 Å².